The number of anilines is 1. The Balaban J connectivity index is 2.00. The van der Waals surface area contributed by atoms with E-state index < -0.39 is 11.8 Å². The largest absolute Gasteiger partial charge is 0.366 e. The van der Waals surface area contributed by atoms with E-state index in [1.807, 2.05) is 24.3 Å². The molecule has 1 unspecified atom stereocenters. The highest BCUT2D eigenvalue weighted by atomic mass is 16.2. The quantitative estimate of drug-likeness (QED) is 0.743. The van der Waals surface area contributed by atoms with Gasteiger partial charge < -0.3 is 11.1 Å². The first kappa shape index (κ1) is 13.4. The molecule has 7 heteroatoms. The lowest BCUT2D eigenvalue weighted by atomic mass is 9.95. The van der Waals surface area contributed by atoms with Crippen LogP contribution in [0.25, 0.3) is 5.52 Å². The molecule has 0 radical (unpaired) electrons. The summed E-state index contributed by atoms with van der Waals surface area (Å²) in [4.78, 5) is 28.3. The maximum Gasteiger partial charge on any atom is 0.250 e. The molecule has 0 aliphatic carbocycles. The van der Waals surface area contributed by atoms with Gasteiger partial charge in [0.15, 0.2) is 0 Å². The van der Waals surface area contributed by atoms with Gasteiger partial charge in [-0.25, -0.2) is 9.50 Å². The molecule has 0 bridgehead atoms. The highest BCUT2D eigenvalue weighted by Gasteiger charge is 2.35. The van der Waals surface area contributed by atoms with Crippen LogP contribution in [0.2, 0.25) is 0 Å². The zero-order valence-corrected chi connectivity index (χ0v) is 12.3. The van der Waals surface area contributed by atoms with Gasteiger partial charge in [0.05, 0.1) is 16.8 Å². The molecular weight excluding hydrogens is 294 g/mol. The smallest absolute Gasteiger partial charge is 0.250 e. The third-order valence-electron chi connectivity index (χ3n) is 4.19. The number of para-hydroxylation sites is 1. The first-order chi connectivity index (χ1) is 11.1. The minimum absolute atomic E-state index is 0.145. The van der Waals surface area contributed by atoms with Crippen LogP contribution in [0.5, 0.6) is 0 Å². The summed E-state index contributed by atoms with van der Waals surface area (Å²) >= 11 is 0. The number of hydrogen-bond donors (Lipinski definition) is 2. The van der Waals surface area contributed by atoms with Crippen LogP contribution in [0, 0.1) is 6.92 Å². The predicted molar refractivity (Wildman–Crippen MR) is 83.2 cm³/mol. The Morgan fingerprint density at radius 2 is 2.13 bits per heavy atom. The van der Waals surface area contributed by atoms with Gasteiger partial charge in [-0.05, 0) is 24.1 Å². The van der Waals surface area contributed by atoms with Crippen molar-refractivity contribution in [3.05, 3.63) is 59.2 Å². The Morgan fingerprint density at radius 1 is 1.35 bits per heavy atom. The second-order valence-corrected chi connectivity index (χ2v) is 5.48. The molecule has 114 valence electrons. The number of carbonyl (C=O) groups excluding carboxylic acids is 2. The number of fused-ring (bicyclic) bond motifs is 2. The van der Waals surface area contributed by atoms with Crippen molar-refractivity contribution in [3.63, 3.8) is 0 Å². The molecule has 0 fully saturated rings. The van der Waals surface area contributed by atoms with Crippen molar-refractivity contribution in [1.29, 1.82) is 0 Å². The average molecular weight is 307 g/mol. The number of rotatable bonds is 2. The van der Waals surface area contributed by atoms with Crippen LogP contribution < -0.4 is 11.1 Å². The second kappa shape index (κ2) is 4.64. The van der Waals surface area contributed by atoms with Crippen molar-refractivity contribution >= 4 is 23.0 Å². The van der Waals surface area contributed by atoms with Gasteiger partial charge in [0.2, 0.25) is 5.91 Å². The van der Waals surface area contributed by atoms with Crippen molar-refractivity contribution < 1.29 is 9.59 Å². The summed E-state index contributed by atoms with van der Waals surface area (Å²) in [5, 5.41) is 6.98. The van der Waals surface area contributed by atoms with Crippen LogP contribution in [0.15, 0.2) is 36.8 Å². The Hall–Kier alpha value is -3.22. The lowest BCUT2D eigenvalue weighted by molar-refractivity contribution is -0.116. The minimum atomic E-state index is -0.536. The van der Waals surface area contributed by atoms with Gasteiger partial charge in [0.1, 0.15) is 12.2 Å². The lowest BCUT2D eigenvalue weighted by Crippen LogP contribution is -2.16. The lowest BCUT2D eigenvalue weighted by Gasteiger charge is -2.10. The first-order valence-electron chi connectivity index (χ1n) is 7.10. The van der Waals surface area contributed by atoms with Crippen molar-refractivity contribution in [2.75, 3.05) is 5.32 Å². The second-order valence-electron chi connectivity index (χ2n) is 5.48. The summed E-state index contributed by atoms with van der Waals surface area (Å²) in [6, 6.07) is 7.49. The summed E-state index contributed by atoms with van der Waals surface area (Å²) in [6.07, 6.45) is 2.94. The molecule has 3 N–H and O–H groups in total. The van der Waals surface area contributed by atoms with Gasteiger partial charge in [-0.2, -0.15) is 5.10 Å². The Morgan fingerprint density at radius 3 is 2.91 bits per heavy atom. The number of hydrogen-bond acceptors (Lipinski definition) is 4. The maximum absolute atomic E-state index is 12.5. The number of nitrogens with one attached hydrogen (secondary N) is 1. The molecule has 4 rings (SSSR count). The maximum atomic E-state index is 12.5. The van der Waals surface area contributed by atoms with Crippen LogP contribution in [-0.2, 0) is 4.79 Å². The molecule has 2 aromatic heterocycles. The monoisotopic (exact) mass is 307 g/mol. The Labute approximate surface area is 131 Å². The number of amides is 2. The minimum Gasteiger partial charge on any atom is -0.366 e. The molecule has 0 saturated heterocycles. The van der Waals surface area contributed by atoms with E-state index in [9.17, 15) is 9.59 Å². The van der Waals surface area contributed by atoms with E-state index in [0.717, 1.165) is 11.3 Å². The molecule has 3 aromatic rings. The number of aromatic nitrogens is 3. The zero-order valence-electron chi connectivity index (χ0n) is 12.3. The van der Waals surface area contributed by atoms with Gasteiger partial charge in [0.25, 0.3) is 5.91 Å². The van der Waals surface area contributed by atoms with Gasteiger partial charge in [-0.3, -0.25) is 9.59 Å². The molecule has 1 aliphatic heterocycles. The van der Waals surface area contributed by atoms with Crippen LogP contribution in [0.4, 0.5) is 5.69 Å². The van der Waals surface area contributed by atoms with Crippen LogP contribution in [0.3, 0.4) is 0 Å². The summed E-state index contributed by atoms with van der Waals surface area (Å²) < 4.78 is 1.55. The fraction of sp³-hybridized carbons (Fsp3) is 0.125. The van der Waals surface area contributed by atoms with Crippen molar-refractivity contribution in [2.45, 2.75) is 12.8 Å². The number of nitrogens with two attached hydrogens (primary N) is 1. The topological polar surface area (TPSA) is 102 Å². The number of aryl methyl sites for hydroxylation is 1. The van der Waals surface area contributed by atoms with E-state index in [4.69, 9.17) is 5.73 Å². The molecule has 0 spiro atoms. The molecule has 7 nitrogen and oxygen atoms in total. The van der Waals surface area contributed by atoms with Gasteiger partial charge in [0, 0.05) is 11.9 Å². The van der Waals surface area contributed by atoms with Crippen LogP contribution in [0.1, 0.15) is 33.1 Å². The van der Waals surface area contributed by atoms with E-state index in [2.05, 4.69) is 15.4 Å². The molecule has 1 aromatic carbocycles. The highest BCUT2D eigenvalue weighted by molar-refractivity contribution is 6.06. The Kier molecular flexibility index (Phi) is 2.71. The third kappa shape index (κ3) is 1.83. The van der Waals surface area contributed by atoms with E-state index >= 15 is 0 Å². The predicted octanol–water partition coefficient (Wildman–Crippen LogP) is 1.22. The molecule has 23 heavy (non-hydrogen) atoms. The van der Waals surface area contributed by atoms with Crippen molar-refractivity contribution in [1.82, 2.24) is 14.6 Å². The summed E-state index contributed by atoms with van der Waals surface area (Å²) in [6.45, 7) is 1.78. The molecule has 1 atom stereocenters. The van der Waals surface area contributed by atoms with Gasteiger partial charge >= 0.3 is 0 Å². The van der Waals surface area contributed by atoms with Gasteiger partial charge in [-0.1, -0.05) is 18.2 Å². The van der Waals surface area contributed by atoms with E-state index in [1.165, 1.54) is 6.33 Å². The molecular formula is C16H13N5O2. The van der Waals surface area contributed by atoms with Gasteiger partial charge in [-0.15, -0.1) is 0 Å². The standard InChI is InChI=1S/C16H13N5O2/c1-8-10(15(17)22)6-21-14(8)13(18-7-19-21)12-9-4-2-3-5-11(9)20-16(12)23/h2-7,12H,1H3,(H2,17,22)(H,20,23). The van der Waals surface area contributed by atoms with Crippen LogP contribution >= 0.6 is 0 Å². The zero-order chi connectivity index (χ0) is 16.1. The number of carbonyl (C=O) groups is 2. The Bertz CT molecular complexity index is 976. The van der Waals surface area contributed by atoms with E-state index in [-0.39, 0.29) is 5.91 Å². The molecule has 0 saturated carbocycles. The van der Waals surface area contributed by atoms with Crippen LogP contribution in [-0.4, -0.2) is 26.4 Å². The fourth-order valence-corrected chi connectivity index (χ4v) is 3.13. The molecule has 1 aliphatic rings. The third-order valence-corrected chi connectivity index (χ3v) is 4.19. The first-order valence-corrected chi connectivity index (χ1v) is 7.10. The normalized spacial score (nSPS) is 16.4. The fourth-order valence-electron chi connectivity index (χ4n) is 3.13. The summed E-state index contributed by atoms with van der Waals surface area (Å²) in [5.41, 5.74) is 9.29. The molecule has 2 amide bonds. The van der Waals surface area contributed by atoms with Crippen molar-refractivity contribution in [2.24, 2.45) is 5.73 Å². The SMILES string of the molecule is Cc1c(C(N)=O)cn2ncnc(C3C(=O)Nc4ccccc43)c12. The van der Waals surface area contributed by atoms with E-state index in [1.54, 1.807) is 17.6 Å². The number of benzene rings is 1. The number of nitrogens with zero attached hydrogens (tertiary/aromatic N) is 3. The summed E-state index contributed by atoms with van der Waals surface area (Å²) in [5.74, 6) is -1.21. The number of primary amides is 1. The highest BCUT2D eigenvalue weighted by Crippen LogP contribution is 2.38. The summed E-state index contributed by atoms with van der Waals surface area (Å²) in [7, 11) is 0. The van der Waals surface area contributed by atoms with E-state index in [0.29, 0.717) is 22.3 Å². The van der Waals surface area contributed by atoms with Crippen molar-refractivity contribution in [3.8, 4) is 0 Å². The molecule has 3 heterocycles. The average Bonchev–Trinajstić information content (AvgIpc) is 3.04.